The van der Waals surface area contributed by atoms with Crippen molar-refractivity contribution >= 4 is 11.8 Å². The Morgan fingerprint density at radius 2 is 1.93 bits per heavy atom. The van der Waals surface area contributed by atoms with Crippen LogP contribution in [0.15, 0.2) is 30.6 Å². The lowest BCUT2D eigenvalue weighted by Crippen LogP contribution is -2.26. The molecule has 0 saturated carbocycles. The average Bonchev–Trinajstić information content (AvgIpc) is 3.14. The summed E-state index contributed by atoms with van der Waals surface area (Å²) in [6.07, 6.45) is -2.50. The molecule has 7 nitrogen and oxygen atoms in total. The Labute approximate surface area is 153 Å². The normalized spacial score (nSPS) is 13.6. The molecule has 1 aliphatic heterocycles. The SMILES string of the molecule is C.FC(F)(F)c1ccccc1-c1nc2c(c(Nc3ncn[nH]3)n1)CCNC2. The summed E-state index contributed by atoms with van der Waals surface area (Å²) in [5.74, 6) is 0.808. The summed E-state index contributed by atoms with van der Waals surface area (Å²) in [6, 6.07) is 5.29. The summed E-state index contributed by atoms with van der Waals surface area (Å²) in [6.45, 7) is 1.20. The molecule has 142 valence electrons. The van der Waals surface area contributed by atoms with E-state index in [1.807, 2.05) is 0 Å². The molecule has 10 heteroatoms. The third-order valence-electron chi connectivity index (χ3n) is 4.06. The van der Waals surface area contributed by atoms with E-state index in [-0.39, 0.29) is 18.8 Å². The molecule has 3 heterocycles. The zero-order valence-corrected chi connectivity index (χ0v) is 13.4. The smallest absolute Gasteiger partial charge is 0.311 e. The van der Waals surface area contributed by atoms with Crippen molar-refractivity contribution in [3.05, 3.63) is 47.4 Å². The van der Waals surface area contributed by atoms with Gasteiger partial charge in [0.2, 0.25) is 5.95 Å². The van der Waals surface area contributed by atoms with Gasteiger partial charge in [0.1, 0.15) is 12.1 Å². The van der Waals surface area contributed by atoms with Crippen LogP contribution in [0.5, 0.6) is 0 Å². The fourth-order valence-electron chi connectivity index (χ4n) is 2.89. The topological polar surface area (TPSA) is 91.4 Å². The Morgan fingerprint density at radius 1 is 1.11 bits per heavy atom. The van der Waals surface area contributed by atoms with E-state index in [4.69, 9.17) is 0 Å². The zero-order valence-electron chi connectivity index (χ0n) is 13.4. The van der Waals surface area contributed by atoms with Crippen molar-refractivity contribution in [3.63, 3.8) is 0 Å². The number of benzene rings is 1. The number of rotatable bonds is 3. The first-order valence-corrected chi connectivity index (χ1v) is 7.92. The number of halogens is 3. The highest BCUT2D eigenvalue weighted by Gasteiger charge is 2.34. The molecule has 0 aliphatic carbocycles. The predicted molar refractivity (Wildman–Crippen MR) is 94.3 cm³/mol. The minimum atomic E-state index is -4.49. The van der Waals surface area contributed by atoms with Crippen LogP contribution in [0.1, 0.15) is 24.2 Å². The van der Waals surface area contributed by atoms with Gasteiger partial charge in [0.25, 0.3) is 0 Å². The number of alkyl halides is 3. The van der Waals surface area contributed by atoms with E-state index in [1.165, 1.54) is 24.5 Å². The highest BCUT2D eigenvalue weighted by Crippen LogP contribution is 2.37. The third-order valence-corrected chi connectivity index (χ3v) is 4.06. The van der Waals surface area contributed by atoms with Crippen molar-refractivity contribution in [1.29, 1.82) is 0 Å². The van der Waals surface area contributed by atoms with Gasteiger partial charge < -0.3 is 10.6 Å². The lowest BCUT2D eigenvalue weighted by molar-refractivity contribution is -0.137. The number of nitrogens with zero attached hydrogens (tertiary/aromatic N) is 4. The van der Waals surface area contributed by atoms with Gasteiger partial charge in [0.15, 0.2) is 5.82 Å². The second-order valence-corrected chi connectivity index (χ2v) is 5.75. The van der Waals surface area contributed by atoms with Crippen LogP contribution in [0, 0.1) is 0 Å². The van der Waals surface area contributed by atoms with Crippen molar-refractivity contribution < 1.29 is 13.2 Å². The van der Waals surface area contributed by atoms with Crippen LogP contribution in [0.25, 0.3) is 11.4 Å². The molecule has 0 atom stereocenters. The maximum atomic E-state index is 13.4. The van der Waals surface area contributed by atoms with Gasteiger partial charge in [-0.1, -0.05) is 25.6 Å². The van der Waals surface area contributed by atoms with Gasteiger partial charge in [-0.25, -0.2) is 15.1 Å². The first kappa shape index (κ1) is 18.8. The summed E-state index contributed by atoms with van der Waals surface area (Å²) in [5, 5.41) is 12.6. The van der Waals surface area contributed by atoms with Crippen molar-refractivity contribution in [1.82, 2.24) is 30.5 Å². The van der Waals surface area contributed by atoms with Crippen LogP contribution < -0.4 is 10.6 Å². The number of anilines is 2. The second kappa shape index (κ2) is 7.31. The predicted octanol–water partition coefficient (Wildman–Crippen LogP) is 3.31. The molecule has 0 bridgehead atoms. The molecule has 1 aromatic carbocycles. The quantitative estimate of drug-likeness (QED) is 0.649. The number of H-pyrrole nitrogens is 1. The molecule has 0 unspecified atom stereocenters. The first-order chi connectivity index (χ1) is 12.5. The molecule has 0 saturated heterocycles. The van der Waals surface area contributed by atoms with E-state index < -0.39 is 11.7 Å². The van der Waals surface area contributed by atoms with Gasteiger partial charge in [-0.05, 0) is 19.0 Å². The van der Waals surface area contributed by atoms with Crippen molar-refractivity contribution in [3.8, 4) is 11.4 Å². The molecule has 3 N–H and O–H groups in total. The van der Waals surface area contributed by atoms with Gasteiger partial charge in [0.05, 0.1) is 11.3 Å². The van der Waals surface area contributed by atoms with E-state index in [1.54, 1.807) is 0 Å². The van der Waals surface area contributed by atoms with Crippen LogP contribution in [0.2, 0.25) is 0 Å². The Hall–Kier alpha value is -3.01. The third kappa shape index (κ3) is 3.75. The molecule has 3 aromatic rings. The Bertz CT molecular complexity index is 923. The minimum absolute atomic E-state index is 0. The monoisotopic (exact) mass is 377 g/mol. The van der Waals surface area contributed by atoms with Crippen molar-refractivity contribution in [2.24, 2.45) is 0 Å². The lowest BCUT2D eigenvalue weighted by Gasteiger charge is -2.21. The van der Waals surface area contributed by atoms with E-state index in [0.29, 0.717) is 30.4 Å². The molecule has 4 rings (SSSR count). The number of hydrogen-bond acceptors (Lipinski definition) is 6. The molecule has 0 fully saturated rings. The van der Waals surface area contributed by atoms with Gasteiger partial charge in [0, 0.05) is 17.7 Å². The zero-order chi connectivity index (χ0) is 18.1. The standard InChI is InChI=1S/C16H14F3N7.CH4/c17-16(18,19)11-4-2-1-3-9(11)13-23-12-7-20-6-5-10(12)14(24-13)25-15-21-8-22-26-15;/h1-4,8,20H,5-7H2,(H2,21,22,23,24,25,26);1H4. The van der Waals surface area contributed by atoms with Crippen LogP contribution in [0.4, 0.5) is 24.9 Å². The minimum Gasteiger partial charge on any atom is -0.311 e. The summed E-state index contributed by atoms with van der Waals surface area (Å²) in [7, 11) is 0. The fraction of sp³-hybridized carbons (Fsp3) is 0.294. The lowest BCUT2D eigenvalue weighted by atomic mass is 10.0. The molecule has 0 amide bonds. The van der Waals surface area contributed by atoms with Gasteiger partial charge in [-0.15, -0.1) is 0 Å². The fourth-order valence-corrected chi connectivity index (χ4v) is 2.89. The van der Waals surface area contributed by atoms with Crippen molar-refractivity contribution in [2.75, 3.05) is 11.9 Å². The van der Waals surface area contributed by atoms with Crippen LogP contribution in [-0.4, -0.2) is 31.7 Å². The van der Waals surface area contributed by atoms with E-state index in [9.17, 15) is 13.2 Å². The number of fused-ring (bicyclic) bond motifs is 1. The van der Waals surface area contributed by atoms with E-state index >= 15 is 0 Å². The van der Waals surface area contributed by atoms with E-state index in [2.05, 4.69) is 35.8 Å². The molecule has 0 spiro atoms. The first-order valence-electron chi connectivity index (χ1n) is 7.92. The summed E-state index contributed by atoms with van der Waals surface area (Å²) >= 11 is 0. The Balaban J connectivity index is 0.00000210. The van der Waals surface area contributed by atoms with E-state index in [0.717, 1.165) is 18.2 Å². The van der Waals surface area contributed by atoms with Gasteiger partial charge in [-0.3, -0.25) is 0 Å². The van der Waals surface area contributed by atoms with Gasteiger partial charge in [-0.2, -0.15) is 23.3 Å². The highest BCUT2D eigenvalue weighted by atomic mass is 19.4. The number of aromatic nitrogens is 5. The summed E-state index contributed by atoms with van der Waals surface area (Å²) < 4.78 is 40.1. The van der Waals surface area contributed by atoms with Crippen LogP contribution in [0.3, 0.4) is 0 Å². The molecule has 1 aliphatic rings. The summed E-state index contributed by atoms with van der Waals surface area (Å²) in [4.78, 5) is 12.7. The molecule has 0 radical (unpaired) electrons. The molecular weight excluding hydrogens is 359 g/mol. The Morgan fingerprint density at radius 3 is 2.67 bits per heavy atom. The average molecular weight is 377 g/mol. The Kier molecular flexibility index (Phi) is 5.08. The van der Waals surface area contributed by atoms with Crippen LogP contribution in [-0.2, 0) is 19.1 Å². The second-order valence-electron chi connectivity index (χ2n) is 5.75. The van der Waals surface area contributed by atoms with Crippen LogP contribution >= 0.6 is 0 Å². The van der Waals surface area contributed by atoms with Crippen molar-refractivity contribution in [2.45, 2.75) is 26.6 Å². The molecule has 27 heavy (non-hydrogen) atoms. The molecular formula is C17H18F3N7. The highest BCUT2D eigenvalue weighted by molar-refractivity contribution is 5.66. The maximum absolute atomic E-state index is 13.4. The maximum Gasteiger partial charge on any atom is 0.417 e. The number of hydrogen-bond donors (Lipinski definition) is 3. The number of nitrogens with one attached hydrogen (secondary N) is 3. The summed E-state index contributed by atoms with van der Waals surface area (Å²) in [5.41, 5.74) is 0.692. The largest absolute Gasteiger partial charge is 0.417 e. The molecule has 2 aromatic heterocycles. The van der Waals surface area contributed by atoms with Gasteiger partial charge >= 0.3 is 6.18 Å². The number of aromatic amines is 1.